The van der Waals surface area contributed by atoms with Crippen molar-refractivity contribution < 1.29 is 14.3 Å². The van der Waals surface area contributed by atoms with Crippen LogP contribution in [-0.2, 0) is 14.3 Å². The minimum atomic E-state index is -0.239. The Hall–Kier alpha value is -1.22. The van der Waals surface area contributed by atoms with Crippen LogP contribution < -0.4 is 0 Å². The lowest BCUT2D eigenvalue weighted by Crippen LogP contribution is -2.29. The molecule has 0 N–H and O–H groups in total. The highest BCUT2D eigenvalue weighted by Gasteiger charge is 2.31. The summed E-state index contributed by atoms with van der Waals surface area (Å²) >= 11 is 8.16. The van der Waals surface area contributed by atoms with Crippen LogP contribution in [-0.4, -0.2) is 59.8 Å². The summed E-state index contributed by atoms with van der Waals surface area (Å²) < 4.78 is 5.68. The van der Waals surface area contributed by atoms with Crippen LogP contribution >= 0.6 is 35.3 Å². The molecule has 1 aromatic rings. The number of ether oxygens (including phenoxy) is 1. The quantitative estimate of drug-likeness (QED) is 0.390. The average molecular weight is 385 g/mol. The number of hydrogen-bond acceptors (Lipinski definition) is 7. The molecule has 0 spiro atoms. The van der Waals surface area contributed by atoms with E-state index < -0.39 is 0 Å². The van der Waals surface area contributed by atoms with Gasteiger partial charge in [-0.15, -0.1) is 11.3 Å². The average Bonchev–Trinajstić information content (AvgIpc) is 3.11. The summed E-state index contributed by atoms with van der Waals surface area (Å²) in [6.07, 6.45) is 2.69. The zero-order valence-electron chi connectivity index (χ0n) is 13.7. The lowest BCUT2D eigenvalue weighted by molar-refractivity contribution is -0.144. The molecule has 24 heavy (non-hydrogen) atoms. The molecule has 0 bridgehead atoms. The fourth-order valence-electron chi connectivity index (χ4n) is 1.99. The summed E-state index contributed by atoms with van der Waals surface area (Å²) in [6, 6.07) is 3.90. The van der Waals surface area contributed by atoms with Crippen molar-refractivity contribution in [1.82, 2.24) is 9.80 Å². The minimum Gasteiger partial charge on any atom is -0.464 e. The number of esters is 1. The zero-order valence-corrected chi connectivity index (χ0v) is 16.1. The lowest BCUT2D eigenvalue weighted by Gasteiger charge is -2.14. The first-order valence-corrected chi connectivity index (χ1v) is 9.67. The molecule has 1 fully saturated rings. The number of thioether (sulfide) groups is 1. The number of rotatable bonds is 8. The van der Waals surface area contributed by atoms with Gasteiger partial charge in [0.25, 0.3) is 5.91 Å². The van der Waals surface area contributed by atoms with Crippen LogP contribution in [0.15, 0.2) is 22.4 Å². The second kappa shape index (κ2) is 9.31. The minimum absolute atomic E-state index is 0.0839. The molecule has 1 saturated heterocycles. The first kappa shape index (κ1) is 19.1. The van der Waals surface area contributed by atoms with E-state index in [0.717, 1.165) is 4.88 Å². The predicted octanol–water partition coefficient (Wildman–Crippen LogP) is 2.83. The van der Waals surface area contributed by atoms with Gasteiger partial charge < -0.3 is 9.64 Å². The van der Waals surface area contributed by atoms with Crippen molar-refractivity contribution in [2.45, 2.75) is 12.8 Å². The number of carbonyl (C=O) groups excluding carboxylic acids is 2. The molecule has 1 aliphatic heterocycles. The highest BCUT2D eigenvalue weighted by molar-refractivity contribution is 8.26. The first-order valence-electron chi connectivity index (χ1n) is 7.56. The second-order valence-corrected chi connectivity index (χ2v) is 8.13. The van der Waals surface area contributed by atoms with E-state index in [1.54, 1.807) is 16.2 Å². The molecule has 0 aliphatic carbocycles. The Morgan fingerprint density at radius 2 is 2.25 bits per heavy atom. The third-order valence-corrected chi connectivity index (χ3v) is 5.45. The van der Waals surface area contributed by atoms with E-state index in [-0.39, 0.29) is 18.3 Å². The smallest absolute Gasteiger partial charge is 0.305 e. The topological polar surface area (TPSA) is 49.9 Å². The third kappa shape index (κ3) is 5.70. The van der Waals surface area contributed by atoms with Gasteiger partial charge in [0.05, 0.1) is 4.91 Å². The molecular formula is C16H20N2O3S3. The van der Waals surface area contributed by atoms with E-state index in [4.69, 9.17) is 17.0 Å². The molecule has 0 radical (unpaired) electrons. The molecule has 0 atom stereocenters. The maximum absolute atomic E-state index is 12.4. The Balaban J connectivity index is 1.78. The highest BCUT2D eigenvalue weighted by Crippen LogP contribution is 2.33. The molecule has 0 saturated carbocycles. The Morgan fingerprint density at radius 1 is 1.46 bits per heavy atom. The molecule has 0 unspecified atom stereocenters. The molecule has 1 aromatic heterocycles. The summed E-state index contributed by atoms with van der Waals surface area (Å²) in [7, 11) is 3.85. The van der Waals surface area contributed by atoms with Crippen LogP contribution in [0, 0.1) is 0 Å². The summed E-state index contributed by atoms with van der Waals surface area (Å²) in [4.78, 5) is 29.2. The van der Waals surface area contributed by atoms with Gasteiger partial charge >= 0.3 is 5.97 Å². The van der Waals surface area contributed by atoms with Gasteiger partial charge in [0.2, 0.25) is 0 Å². The number of nitrogens with zero attached hydrogens (tertiary/aromatic N) is 2. The van der Waals surface area contributed by atoms with Crippen LogP contribution in [0.4, 0.5) is 0 Å². The Labute approximate surface area is 155 Å². The molecule has 8 heteroatoms. The lowest BCUT2D eigenvalue weighted by atomic mass is 10.3. The van der Waals surface area contributed by atoms with Gasteiger partial charge in [-0.1, -0.05) is 30.0 Å². The number of thiophene rings is 1. The Bertz CT molecular complexity index is 627. The van der Waals surface area contributed by atoms with Crippen molar-refractivity contribution in [2.75, 3.05) is 33.8 Å². The first-order chi connectivity index (χ1) is 11.5. The molecular weight excluding hydrogens is 364 g/mol. The Morgan fingerprint density at radius 3 is 2.92 bits per heavy atom. The van der Waals surface area contributed by atoms with Gasteiger partial charge in [0.1, 0.15) is 10.9 Å². The number of likely N-dealkylation sites (N-methyl/N-ethyl adjacent to an activating group) is 1. The van der Waals surface area contributed by atoms with Gasteiger partial charge in [-0.25, -0.2) is 0 Å². The van der Waals surface area contributed by atoms with Crippen molar-refractivity contribution in [3.05, 3.63) is 27.3 Å². The van der Waals surface area contributed by atoms with Gasteiger partial charge in [-0.05, 0) is 38.0 Å². The van der Waals surface area contributed by atoms with Gasteiger partial charge in [-0.2, -0.15) is 0 Å². The van der Waals surface area contributed by atoms with E-state index >= 15 is 0 Å². The fraction of sp³-hybridized carbons (Fsp3) is 0.438. The number of amides is 1. The van der Waals surface area contributed by atoms with Crippen molar-refractivity contribution in [1.29, 1.82) is 0 Å². The van der Waals surface area contributed by atoms with Crippen LogP contribution in [0.25, 0.3) is 6.08 Å². The van der Waals surface area contributed by atoms with E-state index in [1.165, 1.54) is 11.8 Å². The molecule has 2 rings (SSSR count). The molecule has 5 nitrogen and oxygen atoms in total. The van der Waals surface area contributed by atoms with E-state index in [1.807, 2.05) is 42.6 Å². The molecule has 0 aromatic carbocycles. The van der Waals surface area contributed by atoms with Gasteiger partial charge in [0, 0.05) is 24.4 Å². The number of thiocarbonyl (C=S) groups is 1. The standard InChI is InChI=1S/C16H20N2O3S3/c1-17(2)8-9-21-14(19)6-3-7-18-15(20)13(24-16(18)22)11-12-5-4-10-23-12/h4-5,10-11H,3,6-9H2,1-2H3. The van der Waals surface area contributed by atoms with Crippen LogP contribution in [0.5, 0.6) is 0 Å². The highest BCUT2D eigenvalue weighted by atomic mass is 32.2. The maximum Gasteiger partial charge on any atom is 0.305 e. The van der Waals surface area contributed by atoms with Crippen molar-refractivity contribution in [3.8, 4) is 0 Å². The number of hydrogen-bond donors (Lipinski definition) is 0. The number of carbonyl (C=O) groups is 2. The summed E-state index contributed by atoms with van der Waals surface area (Å²) in [5.74, 6) is -0.323. The Kier molecular flexibility index (Phi) is 7.41. The second-order valence-electron chi connectivity index (χ2n) is 5.48. The third-order valence-electron chi connectivity index (χ3n) is 3.25. The molecule has 1 aliphatic rings. The SMILES string of the molecule is CN(C)CCOC(=O)CCCN1C(=O)C(=Cc2cccs2)SC1=S. The van der Waals surface area contributed by atoms with Crippen LogP contribution in [0.2, 0.25) is 0 Å². The zero-order chi connectivity index (χ0) is 17.5. The van der Waals surface area contributed by atoms with Crippen molar-refractivity contribution in [3.63, 3.8) is 0 Å². The van der Waals surface area contributed by atoms with E-state index in [2.05, 4.69) is 0 Å². The summed E-state index contributed by atoms with van der Waals surface area (Å²) in [5, 5.41) is 1.97. The molecule has 1 amide bonds. The van der Waals surface area contributed by atoms with E-state index in [0.29, 0.717) is 35.3 Å². The summed E-state index contributed by atoms with van der Waals surface area (Å²) in [6.45, 7) is 1.53. The largest absolute Gasteiger partial charge is 0.464 e. The normalized spacial score (nSPS) is 16.5. The molecule has 130 valence electrons. The predicted molar refractivity (Wildman–Crippen MR) is 103 cm³/mol. The van der Waals surface area contributed by atoms with Crippen LogP contribution in [0.3, 0.4) is 0 Å². The van der Waals surface area contributed by atoms with Crippen molar-refractivity contribution >= 4 is 57.6 Å². The van der Waals surface area contributed by atoms with Crippen LogP contribution in [0.1, 0.15) is 17.7 Å². The molecule has 2 heterocycles. The van der Waals surface area contributed by atoms with E-state index in [9.17, 15) is 9.59 Å². The van der Waals surface area contributed by atoms with Gasteiger partial charge in [0.15, 0.2) is 0 Å². The van der Waals surface area contributed by atoms with Crippen molar-refractivity contribution in [2.24, 2.45) is 0 Å². The maximum atomic E-state index is 12.4. The fourth-order valence-corrected chi connectivity index (χ4v) is 4.02. The summed E-state index contributed by atoms with van der Waals surface area (Å²) in [5.41, 5.74) is 0. The monoisotopic (exact) mass is 384 g/mol. The van der Waals surface area contributed by atoms with Gasteiger partial charge in [-0.3, -0.25) is 14.5 Å².